The first-order valence-electron chi connectivity index (χ1n) is 4.00. The van der Waals surface area contributed by atoms with Gasteiger partial charge >= 0.3 is 6.55 Å². The second-order valence-electron chi connectivity index (χ2n) is 3.02. The Morgan fingerprint density at radius 1 is 1.36 bits per heavy atom. The molecule has 0 radical (unpaired) electrons. The summed E-state index contributed by atoms with van der Waals surface area (Å²) < 4.78 is 38.4. The third-order valence-corrected chi connectivity index (χ3v) is 2.07. The fourth-order valence-corrected chi connectivity index (χ4v) is 1.31. The number of nitrogens with zero attached hydrogens (tertiary/aromatic N) is 2. The van der Waals surface area contributed by atoms with E-state index in [9.17, 15) is 13.2 Å². The zero-order chi connectivity index (χ0) is 10.3. The molecule has 0 saturated heterocycles. The van der Waals surface area contributed by atoms with Gasteiger partial charge in [0, 0.05) is 6.07 Å². The normalized spacial score (nSPS) is 11.5. The lowest BCUT2D eigenvalue weighted by Crippen LogP contribution is -1.95. The smallest absolute Gasteiger partial charge is 0.273 e. The molecule has 0 amide bonds. The van der Waals surface area contributed by atoms with E-state index in [2.05, 4.69) is 4.98 Å². The van der Waals surface area contributed by atoms with Crippen molar-refractivity contribution >= 4 is 11.0 Å². The first-order chi connectivity index (χ1) is 6.59. The van der Waals surface area contributed by atoms with Crippen molar-refractivity contribution < 1.29 is 13.2 Å². The molecular weight excluding hydrogens is 193 g/mol. The predicted molar refractivity (Wildman–Crippen MR) is 45.7 cm³/mol. The zero-order valence-electron chi connectivity index (χ0n) is 7.34. The SMILES string of the molecule is Cc1cc2ncn(C(F)F)c2cc1F. The lowest BCUT2D eigenvalue weighted by Gasteiger charge is -2.02. The number of fused-ring (bicyclic) bond motifs is 1. The Kier molecular flexibility index (Phi) is 1.94. The summed E-state index contributed by atoms with van der Waals surface area (Å²) >= 11 is 0. The molecule has 14 heavy (non-hydrogen) atoms. The summed E-state index contributed by atoms with van der Waals surface area (Å²) in [6, 6.07) is 2.52. The average Bonchev–Trinajstić information content (AvgIpc) is 2.48. The maximum absolute atomic E-state index is 13.1. The van der Waals surface area contributed by atoms with E-state index in [1.165, 1.54) is 6.07 Å². The number of imidazole rings is 1. The van der Waals surface area contributed by atoms with Crippen molar-refractivity contribution in [2.45, 2.75) is 13.5 Å². The first-order valence-corrected chi connectivity index (χ1v) is 4.00. The minimum Gasteiger partial charge on any atom is -0.273 e. The van der Waals surface area contributed by atoms with Gasteiger partial charge in [0.25, 0.3) is 0 Å². The Labute approximate surface area is 78.0 Å². The van der Waals surface area contributed by atoms with Crippen LogP contribution in [-0.2, 0) is 0 Å². The molecule has 0 aliphatic heterocycles. The van der Waals surface area contributed by atoms with Gasteiger partial charge in [-0.3, -0.25) is 4.57 Å². The van der Waals surface area contributed by atoms with Gasteiger partial charge in [-0.25, -0.2) is 9.37 Å². The summed E-state index contributed by atoms with van der Waals surface area (Å²) in [5, 5.41) is 0. The molecule has 0 atom stereocenters. The third kappa shape index (κ3) is 1.25. The highest BCUT2D eigenvalue weighted by Crippen LogP contribution is 2.22. The minimum absolute atomic E-state index is 0.114. The van der Waals surface area contributed by atoms with E-state index in [1.807, 2.05) is 0 Å². The van der Waals surface area contributed by atoms with Gasteiger partial charge in [-0.2, -0.15) is 8.78 Å². The van der Waals surface area contributed by atoms with Crippen molar-refractivity contribution in [1.29, 1.82) is 0 Å². The number of hydrogen-bond acceptors (Lipinski definition) is 1. The van der Waals surface area contributed by atoms with Crippen LogP contribution in [0.3, 0.4) is 0 Å². The fourth-order valence-electron chi connectivity index (χ4n) is 1.31. The van der Waals surface area contributed by atoms with Crippen molar-refractivity contribution in [2.75, 3.05) is 0 Å². The lowest BCUT2D eigenvalue weighted by atomic mass is 10.2. The van der Waals surface area contributed by atoms with Gasteiger partial charge < -0.3 is 0 Å². The molecule has 74 valence electrons. The third-order valence-electron chi connectivity index (χ3n) is 2.07. The Balaban J connectivity index is 2.74. The van der Waals surface area contributed by atoms with Crippen LogP contribution in [0.1, 0.15) is 12.1 Å². The molecule has 1 aromatic heterocycles. The van der Waals surface area contributed by atoms with Crippen LogP contribution in [0.5, 0.6) is 0 Å². The molecule has 2 nitrogen and oxygen atoms in total. The van der Waals surface area contributed by atoms with Crippen LogP contribution in [-0.4, -0.2) is 9.55 Å². The molecule has 2 rings (SSSR count). The van der Waals surface area contributed by atoms with Gasteiger partial charge in [0.15, 0.2) is 0 Å². The molecule has 0 saturated carbocycles. The number of alkyl halides is 2. The topological polar surface area (TPSA) is 17.8 Å². The summed E-state index contributed by atoms with van der Waals surface area (Å²) in [6.07, 6.45) is 1.01. The first kappa shape index (κ1) is 9.05. The Morgan fingerprint density at radius 2 is 2.07 bits per heavy atom. The summed E-state index contributed by atoms with van der Waals surface area (Å²) in [4.78, 5) is 3.76. The van der Waals surface area contributed by atoms with Gasteiger partial charge in [0.05, 0.1) is 11.0 Å². The maximum Gasteiger partial charge on any atom is 0.320 e. The van der Waals surface area contributed by atoms with Crippen LogP contribution in [0, 0.1) is 12.7 Å². The number of benzene rings is 1. The molecule has 0 aliphatic rings. The molecular formula is C9H7F3N2. The number of hydrogen-bond donors (Lipinski definition) is 0. The summed E-state index contributed by atoms with van der Waals surface area (Å²) in [6.45, 7) is -1.13. The van der Waals surface area contributed by atoms with Crippen molar-refractivity contribution in [1.82, 2.24) is 9.55 Å². The van der Waals surface area contributed by atoms with Crippen molar-refractivity contribution in [3.05, 3.63) is 29.8 Å². The molecule has 0 unspecified atom stereocenters. The van der Waals surface area contributed by atoms with Crippen LogP contribution < -0.4 is 0 Å². The number of aryl methyl sites for hydroxylation is 1. The molecule has 0 spiro atoms. The molecule has 1 aromatic carbocycles. The summed E-state index contributed by atoms with van der Waals surface area (Å²) in [7, 11) is 0. The van der Waals surface area contributed by atoms with E-state index >= 15 is 0 Å². The molecule has 2 aromatic rings. The van der Waals surface area contributed by atoms with E-state index in [4.69, 9.17) is 0 Å². The average molecular weight is 200 g/mol. The standard InChI is InChI=1S/C9H7F3N2/c1-5-2-7-8(3-6(5)10)14(4-13-7)9(11)12/h2-4,9H,1H3. The molecule has 0 bridgehead atoms. The molecule has 5 heteroatoms. The van der Waals surface area contributed by atoms with Gasteiger partial charge in [0.1, 0.15) is 12.1 Å². The number of aromatic nitrogens is 2. The number of rotatable bonds is 1. The monoisotopic (exact) mass is 200 g/mol. The van der Waals surface area contributed by atoms with Crippen LogP contribution >= 0.6 is 0 Å². The summed E-state index contributed by atoms with van der Waals surface area (Å²) in [5.74, 6) is -0.500. The minimum atomic E-state index is -2.69. The fraction of sp³-hybridized carbons (Fsp3) is 0.222. The largest absolute Gasteiger partial charge is 0.320 e. The highest BCUT2D eigenvalue weighted by atomic mass is 19.3. The van der Waals surface area contributed by atoms with E-state index < -0.39 is 12.4 Å². The molecule has 0 aliphatic carbocycles. The van der Waals surface area contributed by atoms with Gasteiger partial charge in [-0.05, 0) is 18.6 Å². The van der Waals surface area contributed by atoms with E-state index in [-0.39, 0.29) is 5.52 Å². The van der Waals surface area contributed by atoms with Gasteiger partial charge in [-0.1, -0.05) is 0 Å². The zero-order valence-corrected chi connectivity index (χ0v) is 7.34. The predicted octanol–water partition coefficient (Wildman–Crippen LogP) is 2.88. The quantitative estimate of drug-likeness (QED) is 0.692. The van der Waals surface area contributed by atoms with Crippen LogP contribution in [0.25, 0.3) is 11.0 Å². The lowest BCUT2D eigenvalue weighted by molar-refractivity contribution is 0.0745. The van der Waals surface area contributed by atoms with E-state index in [0.717, 1.165) is 12.4 Å². The Morgan fingerprint density at radius 3 is 2.71 bits per heavy atom. The van der Waals surface area contributed by atoms with Crippen LogP contribution in [0.15, 0.2) is 18.5 Å². The van der Waals surface area contributed by atoms with E-state index in [1.54, 1.807) is 6.92 Å². The summed E-state index contributed by atoms with van der Waals surface area (Å²) in [5.41, 5.74) is 0.893. The van der Waals surface area contributed by atoms with Gasteiger partial charge in [0.2, 0.25) is 0 Å². The van der Waals surface area contributed by atoms with Crippen LogP contribution in [0.4, 0.5) is 13.2 Å². The maximum atomic E-state index is 13.1. The Bertz CT molecular complexity index is 476. The van der Waals surface area contributed by atoms with Gasteiger partial charge in [-0.15, -0.1) is 0 Å². The highest BCUT2D eigenvalue weighted by molar-refractivity contribution is 5.76. The number of halogens is 3. The molecule has 0 fully saturated rings. The highest BCUT2D eigenvalue weighted by Gasteiger charge is 2.12. The molecule has 1 heterocycles. The van der Waals surface area contributed by atoms with Crippen LogP contribution in [0.2, 0.25) is 0 Å². The molecule has 0 N–H and O–H groups in total. The Hall–Kier alpha value is -1.52. The second-order valence-corrected chi connectivity index (χ2v) is 3.02. The van der Waals surface area contributed by atoms with Crippen molar-refractivity contribution in [3.8, 4) is 0 Å². The second kappa shape index (κ2) is 3.01. The van der Waals surface area contributed by atoms with E-state index in [0.29, 0.717) is 15.6 Å². The van der Waals surface area contributed by atoms with Crippen molar-refractivity contribution in [3.63, 3.8) is 0 Å². The van der Waals surface area contributed by atoms with Crippen molar-refractivity contribution in [2.24, 2.45) is 0 Å².